The highest BCUT2D eigenvalue weighted by molar-refractivity contribution is 7.09. The van der Waals surface area contributed by atoms with Gasteiger partial charge in [-0.15, -0.1) is 11.3 Å². The number of hydrogen-bond acceptors (Lipinski definition) is 4. The summed E-state index contributed by atoms with van der Waals surface area (Å²) in [4.78, 5) is 16.1. The number of thiophene rings is 1. The van der Waals surface area contributed by atoms with Gasteiger partial charge in [0.25, 0.3) is 5.91 Å². The van der Waals surface area contributed by atoms with Gasteiger partial charge >= 0.3 is 0 Å². The van der Waals surface area contributed by atoms with Gasteiger partial charge in [0.15, 0.2) is 5.69 Å². The van der Waals surface area contributed by atoms with Crippen LogP contribution in [0.4, 0.5) is 0 Å². The fourth-order valence-corrected chi connectivity index (χ4v) is 4.52. The average molecular weight is 344 g/mol. The van der Waals surface area contributed by atoms with Gasteiger partial charge < -0.3 is 10.2 Å². The van der Waals surface area contributed by atoms with Crippen molar-refractivity contribution in [2.45, 2.75) is 44.7 Å². The molecule has 1 atom stereocenters. The van der Waals surface area contributed by atoms with Crippen molar-refractivity contribution < 1.29 is 4.79 Å². The number of hydrogen-bond donors (Lipinski definition) is 1. The molecular weight excluding hydrogens is 320 g/mol. The smallest absolute Gasteiger partial charge is 0.274 e. The van der Waals surface area contributed by atoms with Crippen LogP contribution >= 0.6 is 11.3 Å². The average Bonchev–Trinajstić information content (AvgIpc) is 3.34. The van der Waals surface area contributed by atoms with E-state index in [1.54, 1.807) is 11.3 Å². The minimum Gasteiger partial charge on any atom is -0.337 e. The molecule has 0 unspecified atom stereocenters. The predicted molar refractivity (Wildman–Crippen MR) is 95.3 cm³/mol. The Morgan fingerprint density at radius 3 is 3.00 bits per heavy atom. The van der Waals surface area contributed by atoms with Crippen molar-refractivity contribution in [1.82, 2.24) is 20.0 Å². The Hall–Kier alpha value is -1.66. The van der Waals surface area contributed by atoms with Crippen molar-refractivity contribution in [1.29, 1.82) is 0 Å². The zero-order valence-electron chi connectivity index (χ0n) is 14.1. The first kappa shape index (κ1) is 15.8. The molecule has 0 radical (unpaired) electrons. The van der Waals surface area contributed by atoms with E-state index in [2.05, 4.69) is 27.9 Å². The fourth-order valence-electron chi connectivity index (χ4n) is 3.86. The molecule has 128 valence electrons. The summed E-state index contributed by atoms with van der Waals surface area (Å²) in [6.45, 7) is 2.67. The van der Waals surface area contributed by atoms with Gasteiger partial charge in [0.2, 0.25) is 0 Å². The summed E-state index contributed by atoms with van der Waals surface area (Å²) in [5.41, 5.74) is 3.10. The second-order valence-corrected chi connectivity index (χ2v) is 7.83. The summed E-state index contributed by atoms with van der Waals surface area (Å²) in [6, 6.07) is 4.68. The lowest BCUT2D eigenvalue weighted by molar-refractivity contribution is 0.0785. The lowest BCUT2D eigenvalue weighted by Crippen LogP contribution is -2.35. The van der Waals surface area contributed by atoms with E-state index in [1.807, 2.05) is 16.6 Å². The largest absolute Gasteiger partial charge is 0.337 e. The Morgan fingerprint density at radius 1 is 1.42 bits per heavy atom. The molecule has 6 heteroatoms. The van der Waals surface area contributed by atoms with Crippen LogP contribution in [-0.4, -0.2) is 39.7 Å². The van der Waals surface area contributed by atoms with Gasteiger partial charge in [0, 0.05) is 48.9 Å². The van der Waals surface area contributed by atoms with Gasteiger partial charge in [-0.1, -0.05) is 6.07 Å². The Labute approximate surface area is 146 Å². The van der Waals surface area contributed by atoms with E-state index >= 15 is 0 Å². The zero-order chi connectivity index (χ0) is 16.5. The Kier molecular flexibility index (Phi) is 4.41. The SMILES string of the molecule is Cn1nc(C(=O)N2CCCC2)c2c1CC[C@H](NCc1cccs1)C2. The van der Waals surface area contributed by atoms with Crippen LogP contribution in [0.3, 0.4) is 0 Å². The molecule has 4 rings (SSSR count). The Morgan fingerprint density at radius 2 is 2.25 bits per heavy atom. The van der Waals surface area contributed by atoms with Crippen molar-refractivity contribution in [2.24, 2.45) is 7.05 Å². The highest BCUT2D eigenvalue weighted by Gasteiger charge is 2.31. The number of carbonyl (C=O) groups is 1. The van der Waals surface area contributed by atoms with Crippen molar-refractivity contribution in [3.8, 4) is 0 Å². The number of likely N-dealkylation sites (tertiary alicyclic amines) is 1. The second kappa shape index (κ2) is 6.69. The summed E-state index contributed by atoms with van der Waals surface area (Å²) < 4.78 is 1.92. The molecular formula is C18H24N4OS. The quantitative estimate of drug-likeness (QED) is 0.926. The van der Waals surface area contributed by atoms with E-state index in [1.165, 1.54) is 16.1 Å². The van der Waals surface area contributed by atoms with Crippen LogP contribution in [0.1, 0.15) is 45.9 Å². The number of rotatable bonds is 4. The first-order valence-electron chi connectivity index (χ1n) is 8.82. The van der Waals surface area contributed by atoms with E-state index in [0.29, 0.717) is 11.7 Å². The molecule has 24 heavy (non-hydrogen) atoms. The molecule has 5 nitrogen and oxygen atoms in total. The van der Waals surface area contributed by atoms with Crippen LogP contribution in [0.5, 0.6) is 0 Å². The fraction of sp³-hybridized carbons (Fsp3) is 0.556. The molecule has 2 aromatic heterocycles. The first-order valence-corrected chi connectivity index (χ1v) is 9.70. The molecule has 1 amide bonds. The maximum absolute atomic E-state index is 12.8. The third-order valence-electron chi connectivity index (χ3n) is 5.20. The molecule has 1 fully saturated rings. The third kappa shape index (κ3) is 3.00. The predicted octanol–water partition coefficient (Wildman–Crippen LogP) is 2.36. The lowest BCUT2D eigenvalue weighted by atomic mass is 9.91. The molecule has 0 saturated carbocycles. The number of nitrogens with zero attached hydrogens (tertiary/aromatic N) is 3. The second-order valence-electron chi connectivity index (χ2n) is 6.80. The summed E-state index contributed by atoms with van der Waals surface area (Å²) in [7, 11) is 1.97. The van der Waals surface area contributed by atoms with Crippen LogP contribution in [0.15, 0.2) is 17.5 Å². The van der Waals surface area contributed by atoms with Crippen molar-refractivity contribution >= 4 is 17.2 Å². The topological polar surface area (TPSA) is 50.2 Å². The van der Waals surface area contributed by atoms with Crippen LogP contribution < -0.4 is 5.32 Å². The molecule has 2 aromatic rings. The molecule has 1 saturated heterocycles. The van der Waals surface area contributed by atoms with Gasteiger partial charge in [0.05, 0.1) is 0 Å². The summed E-state index contributed by atoms with van der Waals surface area (Å²) in [5, 5.41) is 10.4. The van der Waals surface area contributed by atoms with Crippen molar-refractivity contribution in [3.63, 3.8) is 0 Å². The number of aryl methyl sites for hydroxylation is 1. The monoisotopic (exact) mass is 344 g/mol. The Bertz CT molecular complexity index is 716. The molecule has 0 spiro atoms. The van der Waals surface area contributed by atoms with Gasteiger partial charge in [-0.3, -0.25) is 9.48 Å². The molecule has 1 N–H and O–H groups in total. The van der Waals surface area contributed by atoms with Crippen LogP contribution in [0.2, 0.25) is 0 Å². The molecule has 1 aliphatic carbocycles. The van der Waals surface area contributed by atoms with Gasteiger partial charge in [0.1, 0.15) is 0 Å². The maximum atomic E-state index is 12.8. The number of aromatic nitrogens is 2. The maximum Gasteiger partial charge on any atom is 0.274 e. The Balaban J connectivity index is 1.50. The summed E-state index contributed by atoms with van der Waals surface area (Å²) >= 11 is 1.79. The van der Waals surface area contributed by atoms with Gasteiger partial charge in [-0.2, -0.15) is 5.10 Å². The summed E-state index contributed by atoms with van der Waals surface area (Å²) in [6.07, 6.45) is 5.24. The lowest BCUT2D eigenvalue weighted by Gasteiger charge is -2.24. The minimum absolute atomic E-state index is 0.128. The third-order valence-corrected chi connectivity index (χ3v) is 6.07. The van der Waals surface area contributed by atoms with Crippen LogP contribution in [0.25, 0.3) is 0 Å². The zero-order valence-corrected chi connectivity index (χ0v) is 14.9. The number of carbonyl (C=O) groups excluding carboxylic acids is 1. The van der Waals surface area contributed by atoms with E-state index < -0.39 is 0 Å². The molecule has 0 bridgehead atoms. The van der Waals surface area contributed by atoms with Crippen LogP contribution in [-0.2, 0) is 26.4 Å². The molecule has 2 aliphatic rings. The van der Waals surface area contributed by atoms with Gasteiger partial charge in [-0.05, 0) is 43.6 Å². The van der Waals surface area contributed by atoms with E-state index in [4.69, 9.17) is 0 Å². The first-order chi connectivity index (χ1) is 11.7. The molecule has 1 aliphatic heterocycles. The minimum atomic E-state index is 0.128. The summed E-state index contributed by atoms with van der Waals surface area (Å²) in [5.74, 6) is 0.128. The molecule has 3 heterocycles. The highest BCUT2D eigenvalue weighted by atomic mass is 32.1. The standard InChI is InChI=1S/C18H24N4OS/c1-21-16-7-6-13(19-12-14-5-4-10-24-14)11-15(16)17(20-21)18(23)22-8-2-3-9-22/h4-5,10,13,19H,2-3,6-9,11-12H2,1H3/t13-/m0/s1. The van der Waals surface area contributed by atoms with E-state index in [-0.39, 0.29) is 5.91 Å². The van der Waals surface area contributed by atoms with Crippen molar-refractivity contribution in [3.05, 3.63) is 39.3 Å². The van der Waals surface area contributed by atoms with E-state index in [0.717, 1.165) is 51.7 Å². The molecule has 0 aromatic carbocycles. The number of amides is 1. The number of nitrogens with one attached hydrogen (secondary N) is 1. The van der Waals surface area contributed by atoms with Crippen molar-refractivity contribution in [2.75, 3.05) is 13.1 Å². The van der Waals surface area contributed by atoms with E-state index in [9.17, 15) is 4.79 Å². The van der Waals surface area contributed by atoms with Gasteiger partial charge in [-0.25, -0.2) is 0 Å². The van der Waals surface area contributed by atoms with Crippen LogP contribution in [0, 0.1) is 0 Å². The normalized spacial score (nSPS) is 20.4. The number of fused-ring (bicyclic) bond motifs is 1. The highest BCUT2D eigenvalue weighted by Crippen LogP contribution is 2.26.